The summed E-state index contributed by atoms with van der Waals surface area (Å²) in [5.41, 5.74) is 0.608. The van der Waals surface area contributed by atoms with Crippen molar-refractivity contribution in [1.29, 1.82) is 0 Å². The fraction of sp³-hybridized carbons (Fsp3) is 0.471. The molecule has 25 heavy (non-hydrogen) atoms. The molecule has 1 aliphatic heterocycles. The van der Waals surface area contributed by atoms with Crippen molar-refractivity contribution in [2.24, 2.45) is 4.99 Å². The molecule has 2 heterocycles. The molecule has 3 rings (SSSR count). The lowest BCUT2D eigenvalue weighted by Gasteiger charge is -2.13. The average molecular weight is 458 g/mol. The van der Waals surface area contributed by atoms with Crippen LogP contribution in [0.1, 0.15) is 36.5 Å². The highest BCUT2D eigenvalue weighted by Gasteiger charge is 2.14. The maximum atomic E-state index is 13.7. The number of benzene rings is 1. The van der Waals surface area contributed by atoms with Crippen LogP contribution in [0.4, 0.5) is 4.39 Å². The summed E-state index contributed by atoms with van der Waals surface area (Å²) >= 11 is 0. The lowest BCUT2D eigenvalue weighted by molar-refractivity contribution is 0.593. The Labute approximate surface area is 164 Å². The van der Waals surface area contributed by atoms with Gasteiger partial charge in [-0.1, -0.05) is 24.6 Å². The monoisotopic (exact) mass is 458 g/mol. The highest BCUT2D eigenvalue weighted by molar-refractivity contribution is 14.0. The van der Waals surface area contributed by atoms with Gasteiger partial charge in [0, 0.05) is 32.1 Å². The molecule has 0 amide bonds. The third-order valence-electron chi connectivity index (χ3n) is 4.23. The number of nitrogens with one attached hydrogen (secondary N) is 2. The van der Waals surface area contributed by atoms with Gasteiger partial charge in [-0.25, -0.2) is 4.39 Å². The van der Waals surface area contributed by atoms with Crippen molar-refractivity contribution in [3.8, 4) is 0 Å². The van der Waals surface area contributed by atoms with Crippen LogP contribution < -0.4 is 10.6 Å². The van der Waals surface area contributed by atoms with Gasteiger partial charge in [-0.2, -0.15) is 0 Å². The summed E-state index contributed by atoms with van der Waals surface area (Å²) in [6, 6.07) is 6.72. The Bertz CT molecular complexity index is 715. The van der Waals surface area contributed by atoms with Gasteiger partial charge in [0.25, 0.3) is 0 Å². The second-order valence-corrected chi connectivity index (χ2v) is 5.87. The van der Waals surface area contributed by atoms with Crippen LogP contribution in [0.5, 0.6) is 0 Å². The van der Waals surface area contributed by atoms with Crippen LogP contribution in [-0.2, 0) is 26.1 Å². The Hall–Kier alpha value is -1.71. The van der Waals surface area contributed by atoms with Gasteiger partial charge in [0.2, 0.25) is 0 Å². The maximum absolute atomic E-state index is 13.7. The van der Waals surface area contributed by atoms with E-state index >= 15 is 0 Å². The molecule has 2 N–H and O–H groups in total. The number of guanidine groups is 1. The van der Waals surface area contributed by atoms with Crippen LogP contribution in [-0.4, -0.2) is 27.8 Å². The fourth-order valence-electron chi connectivity index (χ4n) is 2.88. The molecule has 0 atom stereocenters. The van der Waals surface area contributed by atoms with E-state index in [-0.39, 0.29) is 29.8 Å². The van der Waals surface area contributed by atoms with Crippen molar-refractivity contribution in [2.45, 2.75) is 45.3 Å². The predicted molar refractivity (Wildman–Crippen MR) is 106 cm³/mol. The third kappa shape index (κ3) is 5.13. The summed E-state index contributed by atoms with van der Waals surface area (Å²) in [7, 11) is 1.70. The van der Waals surface area contributed by atoms with Crippen LogP contribution >= 0.6 is 24.0 Å². The molecule has 1 aromatic heterocycles. The first kappa shape index (κ1) is 19.6. The highest BCUT2D eigenvalue weighted by atomic mass is 127. The molecular formula is C17H24FIN6. The zero-order valence-corrected chi connectivity index (χ0v) is 16.7. The molecule has 0 spiro atoms. The standard InChI is InChI=1S/C17H23FN6.HI/c1-19-17(20-11-13-7-4-5-8-14(13)18)21-12-16-23-22-15-9-3-2-6-10-24(15)16;/h4-5,7-8H,2-3,6,9-12H2,1H3,(H2,19,20,21);1H. The van der Waals surface area contributed by atoms with E-state index in [4.69, 9.17) is 0 Å². The number of nitrogens with zero attached hydrogens (tertiary/aromatic N) is 4. The van der Waals surface area contributed by atoms with E-state index in [1.54, 1.807) is 19.2 Å². The topological polar surface area (TPSA) is 67.1 Å². The predicted octanol–water partition coefficient (Wildman–Crippen LogP) is 2.63. The molecule has 0 fully saturated rings. The molecular weight excluding hydrogens is 434 g/mol. The van der Waals surface area contributed by atoms with Crippen molar-refractivity contribution in [2.75, 3.05) is 7.05 Å². The van der Waals surface area contributed by atoms with Gasteiger partial charge in [-0.05, 0) is 18.9 Å². The van der Waals surface area contributed by atoms with Gasteiger partial charge in [-0.3, -0.25) is 4.99 Å². The van der Waals surface area contributed by atoms with Crippen molar-refractivity contribution in [3.05, 3.63) is 47.3 Å². The summed E-state index contributed by atoms with van der Waals surface area (Å²) in [5.74, 6) is 2.38. The van der Waals surface area contributed by atoms with Crippen LogP contribution in [0.2, 0.25) is 0 Å². The lowest BCUT2D eigenvalue weighted by atomic mass is 10.2. The van der Waals surface area contributed by atoms with E-state index in [0.29, 0.717) is 24.6 Å². The molecule has 6 nitrogen and oxygen atoms in total. The molecule has 0 unspecified atom stereocenters. The van der Waals surface area contributed by atoms with E-state index in [2.05, 4.69) is 30.4 Å². The Morgan fingerprint density at radius 3 is 2.76 bits per heavy atom. The van der Waals surface area contributed by atoms with Crippen molar-refractivity contribution in [1.82, 2.24) is 25.4 Å². The molecule has 0 saturated heterocycles. The number of halogens is 2. The summed E-state index contributed by atoms with van der Waals surface area (Å²) in [4.78, 5) is 4.18. The number of aliphatic imine (C=N–C) groups is 1. The van der Waals surface area contributed by atoms with Gasteiger partial charge >= 0.3 is 0 Å². The number of hydrogen-bond acceptors (Lipinski definition) is 3. The van der Waals surface area contributed by atoms with Crippen molar-refractivity contribution in [3.63, 3.8) is 0 Å². The highest BCUT2D eigenvalue weighted by Crippen LogP contribution is 2.14. The van der Waals surface area contributed by atoms with Crippen LogP contribution in [0.3, 0.4) is 0 Å². The van der Waals surface area contributed by atoms with E-state index in [0.717, 1.165) is 31.0 Å². The minimum absolute atomic E-state index is 0. The molecule has 1 aromatic carbocycles. The minimum Gasteiger partial charge on any atom is -0.352 e. The van der Waals surface area contributed by atoms with Crippen LogP contribution in [0.25, 0.3) is 0 Å². The largest absolute Gasteiger partial charge is 0.352 e. The second kappa shape index (κ2) is 9.69. The number of fused-ring (bicyclic) bond motifs is 1. The first-order valence-electron chi connectivity index (χ1n) is 8.37. The van der Waals surface area contributed by atoms with Gasteiger partial charge < -0.3 is 15.2 Å². The van der Waals surface area contributed by atoms with Gasteiger partial charge in [0.1, 0.15) is 11.6 Å². The Morgan fingerprint density at radius 1 is 1.16 bits per heavy atom. The van der Waals surface area contributed by atoms with E-state index < -0.39 is 0 Å². The summed E-state index contributed by atoms with van der Waals surface area (Å²) in [6.45, 7) is 1.90. The van der Waals surface area contributed by atoms with E-state index in [1.165, 1.54) is 18.9 Å². The average Bonchev–Trinajstić information content (AvgIpc) is 2.83. The first-order valence-corrected chi connectivity index (χ1v) is 8.37. The minimum atomic E-state index is -0.219. The molecule has 0 bridgehead atoms. The molecule has 136 valence electrons. The Balaban J connectivity index is 0.00000225. The van der Waals surface area contributed by atoms with Crippen molar-refractivity contribution >= 4 is 29.9 Å². The normalized spacial score (nSPS) is 14.2. The molecule has 1 aliphatic rings. The van der Waals surface area contributed by atoms with E-state index in [9.17, 15) is 4.39 Å². The van der Waals surface area contributed by atoms with Gasteiger partial charge in [-0.15, -0.1) is 34.2 Å². The third-order valence-corrected chi connectivity index (χ3v) is 4.23. The first-order chi connectivity index (χ1) is 11.8. The Morgan fingerprint density at radius 2 is 1.96 bits per heavy atom. The maximum Gasteiger partial charge on any atom is 0.191 e. The number of hydrogen-bond donors (Lipinski definition) is 2. The number of rotatable bonds is 4. The lowest BCUT2D eigenvalue weighted by Crippen LogP contribution is -2.37. The Kier molecular flexibility index (Phi) is 7.60. The fourth-order valence-corrected chi connectivity index (χ4v) is 2.88. The van der Waals surface area contributed by atoms with E-state index in [1.807, 2.05) is 6.07 Å². The van der Waals surface area contributed by atoms with Crippen LogP contribution in [0.15, 0.2) is 29.3 Å². The SMILES string of the molecule is CN=C(NCc1ccccc1F)NCc1nnc2n1CCCCC2.I. The summed E-state index contributed by atoms with van der Waals surface area (Å²) in [5, 5.41) is 14.9. The molecule has 2 aromatic rings. The molecule has 0 radical (unpaired) electrons. The number of aryl methyl sites for hydroxylation is 1. The van der Waals surface area contributed by atoms with Crippen molar-refractivity contribution < 1.29 is 4.39 Å². The molecule has 0 aliphatic carbocycles. The zero-order valence-electron chi connectivity index (χ0n) is 14.3. The number of aromatic nitrogens is 3. The molecule has 8 heteroatoms. The van der Waals surface area contributed by atoms with Gasteiger partial charge in [0.15, 0.2) is 11.8 Å². The summed E-state index contributed by atoms with van der Waals surface area (Å²) < 4.78 is 15.9. The second-order valence-electron chi connectivity index (χ2n) is 5.87. The summed E-state index contributed by atoms with van der Waals surface area (Å²) in [6.07, 6.45) is 4.57. The van der Waals surface area contributed by atoms with Crippen LogP contribution in [0, 0.1) is 5.82 Å². The quantitative estimate of drug-likeness (QED) is 0.420. The molecule has 0 saturated carbocycles. The zero-order chi connectivity index (χ0) is 16.8. The smallest absolute Gasteiger partial charge is 0.191 e. The van der Waals surface area contributed by atoms with Gasteiger partial charge in [0.05, 0.1) is 6.54 Å².